The van der Waals surface area contributed by atoms with Crippen molar-refractivity contribution >= 4 is 24.2 Å². The van der Waals surface area contributed by atoms with E-state index in [2.05, 4.69) is 43.2 Å². The maximum absolute atomic E-state index is 15.2. The highest BCUT2D eigenvalue weighted by molar-refractivity contribution is 5.85. The summed E-state index contributed by atoms with van der Waals surface area (Å²) >= 11 is 0. The van der Waals surface area contributed by atoms with Gasteiger partial charge in [-0.1, -0.05) is 24.3 Å². The van der Waals surface area contributed by atoms with Crippen LogP contribution in [0.5, 0.6) is 0 Å². The van der Waals surface area contributed by atoms with Crippen LogP contribution in [-0.4, -0.2) is 77.5 Å². The van der Waals surface area contributed by atoms with Crippen LogP contribution in [0.1, 0.15) is 67.6 Å². The number of hydrogen-bond donors (Lipinski definition) is 3. The lowest BCUT2D eigenvalue weighted by atomic mass is 9.98. The Bertz CT molecular complexity index is 1240. The number of aldehydes is 2. The first kappa shape index (κ1) is 32.3. The first-order chi connectivity index (χ1) is 19.2. The van der Waals surface area contributed by atoms with E-state index in [0.29, 0.717) is 41.5 Å². The fraction of sp³-hybridized carbons (Fsp3) is 0.516. The van der Waals surface area contributed by atoms with Gasteiger partial charge in [0.25, 0.3) is 5.91 Å². The normalized spacial score (nSPS) is 18.0. The van der Waals surface area contributed by atoms with Crippen LogP contribution in [0.4, 0.5) is 10.1 Å². The number of hydrogen-bond acceptors (Lipinski definition) is 8. The lowest BCUT2D eigenvalue weighted by Gasteiger charge is -2.47. The van der Waals surface area contributed by atoms with Crippen molar-refractivity contribution in [1.29, 1.82) is 0 Å². The van der Waals surface area contributed by atoms with Crippen molar-refractivity contribution in [3.63, 3.8) is 0 Å². The average molecular weight is 571 g/mol. The molecule has 0 aromatic heterocycles. The molecule has 1 amide bonds. The Morgan fingerprint density at radius 3 is 2.44 bits per heavy atom. The molecule has 1 atom stereocenters. The van der Waals surface area contributed by atoms with Gasteiger partial charge in [0.15, 0.2) is 5.72 Å². The van der Waals surface area contributed by atoms with Crippen LogP contribution in [0.2, 0.25) is 0 Å². The third-order valence-corrected chi connectivity index (χ3v) is 7.32. The molecule has 1 saturated heterocycles. The molecule has 0 bridgehead atoms. The Morgan fingerprint density at radius 1 is 1.17 bits per heavy atom. The molecule has 1 aliphatic heterocycles. The van der Waals surface area contributed by atoms with Crippen LogP contribution in [0.3, 0.4) is 0 Å². The van der Waals surface area contributed by atoms with Crippen LogP contribution in [0.15, 0.2) is 36.4 Å². The summed E-state index contributed by atoms with van der Waals surface area (Å²) < 4.78 is 21.4. The van der Waals surface area contributed by atoms with Crippen LogP contribution in [0.25, 0.3) is 0 Å². The summed E-state index contributed by atoms with van der Waals surface area (Å²) in [5, 5.41) is 16.8. The zero-order valence-corrected chi connectivity index (χ0v) is 24.9. The van der Waals surface area contributed by atoms with E-state index in [9.17, 15) is 19.5 Å². The number of morpholine rings is 1. The number of nitrogens with one attached hydrogen (secondary N) is 2. The second-order valence-electron chi connectivity index (χ2n) is 12.0. The van der Waals surface area contributed by atoms with E-state index in [1.54, 1.807) is 37.4 Å². The number of amides is 1. The van der Waals surface area contributed by atoms with E-state index in [0.717, 1.165) is 18.7 Å². The predicted molar refractivity (Wildman–Crippen MR) is 156 cm³/mol. The van der Waals surface area contributed by atoms with Gasteiger partial charge < -0.3 is 25.3 Å². The van der Waals surface area contributed by atoms with E-state index < -0.39 is 11.6 Å². The van der Waals surface area contributed by atoms with Gasteiger partial charge in [0, 0.05) is 69.4 Å². The predicted octanol–water partition coefficient (Wildman–Crippen LogP) is 3.49. The lowest BCUT2D eigenvalue weighted by molar-refractivity contribution is -0.182. The smallest absolute Gasteiger partial charge is 0.267 e. The van der Waals surface area contributed by atoms with Gasteiger partial charge in [-0.2, -0.15) is 0 Å². The van der Waals surface area contributed by atoms with Crippen molar-refractivity contribution in [1.82, 2.24) is 15.1 Å². The van der Waals surface area contributed by atoms with Gasteiger partial charge >= 0.3 is 0 Å². The van der Waals surface area contributed by atoms with E-state index >= 15 is 4.39 Å². The van der Waals surface area contributed by atoms with Crippen LogP contribution < -0.4 is 10.6 Å². The number of halogens is 1. The molecular weight excluding hydrogens is 527 g/mol. The number of carbonyl (C=O) groups excluding carboxylic acids is 3. The standard InChI is InChI=1S/C31H43FN4O5/c1-29(2)20-36(21-30(3,4)41-29)17-22-11-12-23(26(32)15-22)16-34-27-10-7-9-24(19-38)25(27)18-35(6)31(40,13-8-14-37)28(39)33-5/h7,9-12,14-15,19,34,40H,8,13,16-18,20-21H2,1-6H3,(H,33,39). The molecule has 3 N–H and O–H groups in total. The zero-order valence-electron chi connectivity index (χ0n) is 24.9. The molecule has 1 aliphatic rings. The summed E-state index contributed by atoms with van der Waals surface area (Å²) in [6, 6.07) is 10.3. The van der Waals surface area contributed by atoms with Gasteiger partial charge in [-0.05, 0) is 58.0 Å². The molecule has 224 valence electrons. The summed E-state index contributed by atoms with van der Waals surface area (Å²) in [5.41, 5.74) is 0.242. The van der Waals surface area contributed by atoms with E-state index in [1.807, 2.05) is 6.07 Å². The van der Waals surface area contributed by atoms with Gasteiger partial charge in [-0.15, -0.1) is 0 Å². The maximum Gasteiger partial charge on any atom is 0.267 e. The van der Waals surface area contributed by atoms with Crippen LogP contribution in [-0.2, 0) is 34.0 Å². The molecule has 9 nitrogen and oxygen atoms in total. The molecule has 0 radical (unpaired) electrons. The average Bonchev–Trinajstić information content (AvgIpc) is 2.89. The van der Waals surface area contributed by atoms with Crippen molar-refractivity contribution in [3.8, 4) is 0 Å². The van der Waals surface area contributed by atoms with Gasteiger partial charge in [0.1, 0.15) is 18.4 Å². The quantitative estimate of drug-likeness (QED) is 0.248. The van der Waals surface area contributed by atoms with Crippen molar-refractivity contribution in [3.05, 3.63) is 64.5 Å². The maximum atomic E-state index is 15.2. The summed E-state index contributed by atoms with van der Waals surface area (Å²) in [6.45, 7) is 10.5. The lowest BCUT2D eigenvalue weighted by Crippen LogP contribution is -2.56. The van der Waals surface area contributed by atoms with Crippen LogP contribution >= 0.6 is 0 Å². The first-order valence-corrected chi connectivity index (χ1v) is 13.8. The number of rotatable bonds is 13. The first-order valence-electron chi connectivity index (χ1n) is 13.8. The number of aliphatic hydroxyl groups is 1. The van der Waals surface area contributed by atoms with Crippen molar-refractivity contribution in [2.75, 3.05) is 32.5 Å². The summed E-state index contributed by atoms with van der Waals surface area (Å²) in [5.74, 6) is -0.999. The van der Waals surface area contributed by atoms with Crippen molar-refractivity contribution in [2.24, 2.45) is 0 Å². The van der Waals surface area contributed by atoms with E-state index in [4.69, 9.17) is 4.74 Å². The second-order valence-corrected chi connectivity index (χ2v) is 12.0. The Labute approximate surface area is 242 Å². The third-order valence-electron chi connectivity index (χ3n) is 7.32. The number of anilines is 1. The highest BCUT2D eigenvalue weighted by atomic mass is 19.1. The number of likely N-dealkylation sites (N-methyl/N-ethyl adjacent to an activating group) is 2. The Hall–Kier alpha value is -3.18. The molecule has 10 heteroatoms. The van der Waals surface area contributed by atoms with Gasteiger partial charge in [-0.3, -0.25) is 19.4 Å². The Kier molecular flexibility index (Phi) is 10.4. The minimum Gasteiger partial charge on any atom is -0.381 e. The summed E-state index contributed by atoms with van der Waals surface area (Å²) in [7, 11) is 2.94. The Morgan fingerprint density at radius 2 is 1.85 bits per heavy atom. The topological polar surface area (TPSA) is 111 Å². The fourth-order valence-corrected chi connectivity index (χ4v) is 5.70. The molecule has 2 aromatic carbocycles. The monoisotopic (exact) mass is 570 g/mol. The molecule has 1 fully saturated rings. The second kappa shape index (κ2) is 13.2. The molecule has 3 rings (SSSR count). The molecular formula is C31H43FN4O5. The minimum atomic E-state index is -1.96. The summed E-state index contributed by atoms with van der Waals surface area (Å²) in [6.07, 6.45) is 1.19. The minimum absolute atomic E-state index is 0.0215. The van der Waals surface area contributed by atoms with Crippen LogP contribution in [0, 0.1) is 5.82 Å². The van der Waals surface area contributed by atoms with Crippen molar-refractivity contribution in [2.45, 2.75) is 77.1 Å². The molecule has 0 spiro atoms. The molecule has 1 unspecified atom stereocenters. The molecule has 1 heterocycles. The van der Waals surface area contributed by atoms with Gasteiger partial charge in [-0.25, -0.2) is 4.39 Å². The summed E-state index contributed by atoms with van der Waals surface area (Å²) in [4.78, 5) is 39.0. The third kappa shape index (κ3) is 8.19. The Balaban J connectivity index is 1.76. The van der Waals surface area contributed by atoms with Gasteiger partial charge in [0.2, 0.25) is 0 Å². The van der Waals surface area contributed by atoms with Crippen molar-refractivity contribution < 1.29 is 28.6 Å². The highest BCUT2D eigenvalue weighted by Gasteiger charge is 2.40. The fourth-order valence-electron chi connectivity index (χ4n) is 5.70. The molecule has 41 heavy (non-hydrogen) atoms. The van der Waals surface area contributed by atoms with E-state index in [1.165, 1.54) is 11.9 Å². The molecule has 0 aliphatic carbocycles. The van der Waals surface area contributed by atoms with Gasteiger partial charge in [0.05, 0.1) is 11.2 Å². The number of carbonyl (C=O) groups is 3. The molecule has 2 aromatic rings. The number of ether oxygens (including phenoxy) is 1. The zero-order chi connectivity index (χ0) is 30.4. The SMILES string of the molecule is CNC(=O)C(O)(CCC=O)N(C)Cc1c(C=O)cccc1NCc1ccc(CN2CC(C)(C)OC(C)(C)C2)cc1F. The highest BCUT2D eigenvalue weighted by Crippen LogP contribution is 2.30. The number of benzene rings is 2. The number of nitrogens with zero attached hydrogens (tertiary/aromatic N) is 2. The molecule has 0 saturated carbocycles. The van der Waals surface area contributed by atoms with E-state index in [-0.39, 0.29) is 43.0 Å². The largest absolute Gasteiger partial charge is 0.381 e.